The van der Waals surface area contributed by atoms with Gasteiger partial charge in [0, 0.05) is 5.56 Å². The quantitative estimate of drug-likeness (QED) is 0.932. The van der Waals surface area contributed by atoms with E-state index < -0.39 is 11.8 Å². The average molecular weight is 277 g/mol. The standard InChI is InChI=1S/C13H8FNO3S/c14-10-2-1-8(9(5-10)6-15)7-18-11-3-4-19-12(11)13(16)17/h1-5H,7H2,(H,16,17). The number of hydrogen-bond donors (Lipinski definition) is 1. The first-order valence-electron chi connectivity index (χ1n) is 5.24. The molecule has 1 aromatic carbocycles. The van der Waals surface area contributed by atoms with Crippen LogP contribution in [0.3, 0.4) is 0 Å². The lowest BCUT2D eigenvalue weighted by Crippen LogP contribution is -2.02. The predicted octanol–water partition coefficient (Wildman–Crippen LogP) is 3.04. The maximum absolute atomic E-state index is 12.9. The molecule has 0 spiro atoms. The van der Waals surface area contributed by atoms with Crippen LogP contribution in [0.4, 0.5) is 4.39 Å². The minimum Gasteiger partial charge on any atom is -0.487 e. The molecule has 2 aromatic rings. The highest BCUT2D eigenvalue weighted by molar-refractivity contribution is 7.12. The van der Waals surface area contributed by atoms with E-state index in [9.17, 15) is 9.18 Å². The third-order valence-electron chi connectivity index (χ3n) is 2.40. The van der Waals surface area contributed by atoms with Crippen molar-refractivity contribution in [2.75, 3.05) is 0 Å². The van der Waals surface area contributed by atoms with E-state index in [-0.39, 0.29) is 22.8 Å². The van der Waals surface area contributed by atoms with Crippen molar-refractivity contribution < 1.29 is 19.0 Å². The van der Waals surface area contributed by atoms with Crippen LogP contribution in [0, 0.1) is 17.1 Å². The number of nitrogens with zero attached hydrogens (tertiary/aromatic N) is 1. The van der Waals surface area contributed by atoms with Gasteiger partial charge in [-0.1, -0.05) is 6.07 Å². The summed E-state index contributed by atoms with van der Waals surface area (Å²) >= 11 is 1.06. The topological polar surface area (TPSA) is 70.3 Å². The van der Waals surface area contributed by atoms with Crippen molar-refractivity contribution in [3.05, 3.63) is 51.5 Å². The Bertz CT molecular complexity index is 660. The Morgan fingerprint density at radius 3 is 2.95 bits per heavy atom. The van der Waals surface area contributed by atoms with E-state index >= 15 is 0 Å². The lowest BCUT2D eigenvalue weighted by Gasteiger charge is -2.07. The number of ether oxygens (including phenoxy) is 1. The fraction of sp³-hybridized carbons (Fsp3) is 0.0769. The van der Waals surface area contributed by atoms with E-state index in [1.54, 1.807) is 11.4 Å². The molecule has 4 nitrogen and oxygen atoms in total. The first-order chi connectivity index (χ1) is 9.11. The van der Waals surface area contributed by atoms with Crippen LogP contribution in [0.1, 0.15) is 20.8 Å². The normalized spacial score (nSPS) is 9.89. The number of nitriles is 1. The van der Waals surface area contributed by atoms with Crippen molar-refractivity contribution in [1.82, 2.24) is 0 Å². The number of halogens is 1. The number of carbonyl (C=O) groups is 1. The third kappa shape index (κ3) is 2.89. The summed E-state index contributed by atoms with van der Waals surface area (Å²) in [5.74, 6) is -1.32. The van der Waals surface area contributed by atoms with E-state index in [0.717, 1.165) is 17.4 Å². The Hall–Kier alpha value is -2.39. The van der Waals surface area contributed by atoms with Gasteiger partial charge in [0.15, 0.2) is 4.88 Å². The molecule has 0 aliphatic carbocycles. The molecular weight excluding hydrogens is 269 g/mol. The third-order valence-corrected chi connectivity index (χ3v) is 3.28. The van der Waals surface area contributed by atoms with Crippen molar-refractivity contribution in [3.63, 3.8) is 0 Å². The maximum Gasteiger partial charge on any atom is 0.349 e. The second-order valence-electron chi connectivity index (χ2n) is 3.62. The predicted molar refractivity (Wildman–Crippen MR) is 66.7 cm³/mol. The zero-order chi connectivity index (χ0) is 13.8. The van der Waals surface area contributed by atoms with Crippen molar-refractivity contribution >= 4 is 17.3 Å². The first kappa shape index (κ1) is 13.1. The van der Waals surface area contributed by atoms with Gasteiger partial charge in [-0.2, -0.15) is 5.26 Å². The molecule has 0 bridgehead atoms. The van der Waals surface area contributed by atoms with E-state index in [4.69, 9.17) is 15.1 Å². The number of benzene rings is 1. The highest BCUT2D eigenvalue weighted by Gasteiger charge is 2.13. The summed E-state index contributed by atoms with van der Waals surface area (Å²) in [6.45, 7) is 0.0141. The summed E-state index contributed by atoms with van der Waals surface area (Å²) < 4.78 is 18.3. The molecule has 0 amide bonds. The van der Waals surface area contributed by atoms with Crippen LogP contribution in [0.2, 0.25) is 0 Å². The van der Waals surface area contributed by atoms with Gasteiger partial charge in [-0.3, -0.25) is 0 Å². The van der Waals surface area contributed by atoms with Crippen LogP contribution in [-0.2, 0) is 6.61 Å². The minimum atomic E-state index is -1.07. The zero-order valence-electron chi connectivity index (χ0n) is 9.59. The van der Waals surface area contributed by atoms with E-state index in [0.29, 0.717) is 5.56 Å². The van der Waals surface area contributed by atoms with Gasteiger partial charge in [0.2, 0.25) is 0 Å². The van der Waals surface area contributed by atoms with Gasteiger partial charge < -0.3 is 9.84 Å². The van der Waals surface area contributed by atoms with Gasteiger partial charge in [0.25, 0.3) is 0 Å². The number of rotatable bonds is 4. The second-order valence-corrected chi connectivity index (χ2v) is 4.54. The van der Waals surface area contributed by atoms with Crippen LogP contribution >= 0.6 is 11.3 Å². The van der Waals surface area contributed by atoms with E-state index in [1.807, 2.05) is 6.07 Å². The van der Waals surface area contributed by atoms with Crippen molar-refractivity contribution in [2.24, 2.45) is 0 Å². The fourth-order valence-corrected chi connectivity index (χ4v) is 2.17. The monoisotopic (exact) mass is 277 g/mol. The maximum atomic E-state index is 12.9. The number of hydrogen-bond acceptors (Lipinski definition) is 4. The van der Waals surface area contributed by atoms with Gasteiger partial charge >= 0.3 is 5.97 Å². The largest absolute Gasteiger partial charge is 0.487 e. The Morgan fingerprint density at radius 2 is 2.26 bits per heavy atom. The summed E-state index contributed by atoms with van der Waals surface area (Å²) in [5, 5.41) is 19.4. The molecule has 0 saturated heterocycles. The zero-order valence-corrected chi connectivity index (χ0v) is 10.4. The highest BCUT2D eigenvalue weighted by atomic mass is 32.1. The molecule has 0 saturated carbocycles. The summed E-state index contributed by atoms with van der Waals surface area (Å²) in [6, 6.07) is 7.20. The molecular formula is C13H8FNO3S. The molecule has 0 aliphatic heterocycles. The molecule has 0 aliphatic rings. The Balaban J connectivity index is 2.17. The lowest BCUT2D eigenvalue weighted by molar-refractivity contribution is 0.0697. The van der Waals surface area contributed by atoms with Gasteiger partial charge in [-0.15, -0.1) is 11.3 Å². The SMILES string of the molecule is N#Cc1cc(F)ccc1COc1ccsc1C(=O)O. The molecule has 0 atom stereocenters. The second kappa shape index (κ2) is 5.50. The van der Waals surface area contributed by atoms with E-state index in [1.165, 1.54) is 12.1 Å². The summed E-state index contributed by atoms with van der Waals surface area (Å²) in [4.78, 5) is 11.0. The molecule has 6 heteroatoms. The Labute approximate surface area is 112 Å². The highest BCUT2D eigenvalue weighted by Crippen LogP contribution is 2.26. The van der Waals surface area contributed by atoms with Crippen LogP contribution in [0.25, 0.3) is 0 Å². The number of carboxylic acids is 1. The van der Waals surface area contributed by atoms with E-state index in [2.05, 4.69) is 0 Å². The Kier molecular flexibility index (Phi) is 3.78. The summed E-state index contributed by atoms with van der Waals surface area (Å²) in [7, 11) is 0. The molecule has 1 heterocycles. The van der Waals surface area contributed by atoms with Gasteiger partial charge in [-0.25, -0.2) is 9.18 Å². The molecule has 0 fully saturated rings. The number of aromatic carboxylic acids is 1. The molecule has 0 radical (unpaired) electrons. The van der Waals surface area contributed by atoms with Crippen molar-refractivity contribution in [2.45, 2.75) is 6.61 Å². The van der Waals surface area contributed by atoms with Crippen LogP contribution in [-0.4, -0.2) is 11.1 Å². The molecule has 19 heavy (non-hydrogen) atoms. The van der Waals surface area contributed by atoms with Crippen molar-refractivity contribution in [3.8, 4) is 11.8 Å². The molecule has 96 valence electrons. The van der Waals surface area contributed by atoms with Gasteiger partial charge in [-0.05, 0) is 23.6 Å². The lowest BCUT2D eigenvalue weighted by atomic mass is 10.1. The Morgan fingerprint density at radius 1 is 1.47 bits per heavy atom. The van der Waals surface area contributed by atoms with Crippen LogP contribution < -0.4 is 4.74 Å². The summed E-state index contributed by atoms with van der Waals surface area (Å²) in [5.41, 5.74) is 0.679. The van der Waals surface area contributed by atoms with Crippen molar-refractivity contribution in [1.29, 1.82) is 5.26 Å². The number of thiophene rings is 1. The molecule has 0 unspecified atom stereocenters. The molecule has 1 aromatic heterocycles. The number of carboxylic acid groups (broad SMARTS) is 1. The van der Waals surface area contributed by atoms with Gasteiger partial charge in [0.05, 0.1) is 11.6 Å². The minimum absolute atomic E-state index is 0.0141. The van der Waals surface area contributed by atoms with Crippen LogP contribution in [0.5, 0.6) is 5.75 Å². The average Bonchev–Trinajstić information content (AvgIpc) is 2.85. The first-order valence-corrected chi connectivity index (χ1v) is 6.12. The van der Waals surface area contributed by atoms with Gasteiger partial charge in [0.1, 0.15) is 18.2 Å². The smallest absolute Gasteiger partial charge is 0.349 e. The van der Waals surface area contributed by atoms with Crippen LogP contribution in [0.15, 0.2) is 29.6 Å². The molecule has 1 N–H and O–H groups in total. The summed E-state index contributed by atoms with van der Waals surface area (Å²) in [6.07, 6.45) is 0. The molecule has 2 rings (SSSR count). The fourth-order valence-electron chi connectivity index (χ4n) is 1.50.